The molecule has 2 aromatic rings. The van der Waals surface area contributed by atoms with E-state index in [9.17, 15) is 14.7 Å². The van der Waals surface area contributed by atoms with Crippen molar-refractivity contribution in [2.24, 2.45) is 17.3 Å². The molecule has 132 valence electrons. The summed E-state index contributed by atoms with van der Waals surface area (Å²) < 4.78 is 7.57. The highest BCUT2D eigenvalue weighted by Gasteiger charge is 2.19. The van der Waals surface area contributed by atoms with Gasteiger partial charge in [-0.3, -0.25) is 9.48 Å². The number of hydrogen-bond acceptors (Lipinski definition) is 6. The summed E-state index contributed by atoms with van der Waals surface area (Å²) in [5.41, 5.74) is 0.366. The number of carbonyl (C=O) groups is 1. The van der Waals surface area contributed by atoms with Crippen LogP contribution in [0.5, 0.6) is 0 Å². The summed E-state index contributed by atoms with van der Waals surface area (Å²) in [6, 6.07) is 9.01. The van der Waals surface area contributed by atoms with Gasteiger partial charge in [-0.25, -0.2) is 9.48 Å². The molecule has 0 aliphatic carbocycles. The zero-order valence-corrected chi connectivity index (χ0v) is 14.7. The first-order valence-corrected chi connectivity index (χ1v) is 7.78. The molecule has 0 aliphatic rings. The molecular formula is C16H17ClN4O4. The van der Waals surface area contributed by atoms with Gasteiger partial charge in [0.2, 0.25) is 5.70 Å². The molecule has 1 aromatic heterocycles. The predicted molar refractivity (Wildman–Crippen MR) is 92.7 cm³/mol. The zero-order chi connectivity index (χ0) is 18.6. The van der Waals surface area contributed by atoms with Crippen LogP contribution >= 0.6 is 11.6 Å². The molecule has 2 rings (SSSR count). The Balaban J connectivity index is 2.55. The van der Waals surface area contributed by atoms with E-state index in [0.29, 0.717) is 11.4 Å². The van der Waals surface area contributed by atoms with E-state index in [1.54, 1.807) is 30.8 Å². The van der Waals surface area contributed by atoms with Crippen molar-refractivity contribution >= 4 is 23.3 Å². The topological polar surface area (TPSA) is 98.2 Å². The van der Waals surface area contributed by atoms with E-state index in [1.165, 1.54) is 4.68 Å². The van der Waals surface area contributed by atoms with Crippen molar-refractivity contribution in [3.05, 3.63) is 57.8 Å². The molecule has 0 amide bonds. The maximum absolute atomic E-state index is 12.7. The van der Waals surface area contributed by atoms with Crippen molar-refractivity contribution in [2.75, 3.05) is 13.0 Å². The first-order chi connectivity index (χ1) is 11.9. The second-order valence-corrected chi connectivity index (χ2v) is 5.30. The largest absolute Gasteiger partial charge is 0.508 e. The van der Waals surface area contributed by atoms with E-state index in [-0.39, 0.29) is 11.6 Å². The molecule has 0 fully saturated rings. The number of benzene rings is 1. The number of halogens is 1. The fraction of sp³-hybridized carbons (Fsp3) is 0.250. The van der Waals surface area contributed by atoms with Crippen LogP contribution in [0.1, 0.15) is 5.69 Å². The minimum absolute atomic E-state index is 0.0372. The second-order valence-electron chi connectivity index (χ2n) is 5.03. The van der Waals surface area contributed by atoms with Gasteiger partial charge < -0.3 is 9.84 Å². The van der Waals surface area contributed by atoms with Crippen LogP contribution in [0.4, 0.5) is 5.69 Å². The lowest BCUT2D eigenvalue weighted by Crippen LogP contribution is -2.19. The zero-order valence-electron chi connectivity index (χ0n) is 13.9. The van der Waals surface area contributed by atoms with Crippen LogP contribution in [-0.4, -0.2) is 33.4 Å². The summed E-state index contributed by atoms with van der Waals surface area (Å²) in [5, 5.41) is 17.2. The van der Waals surface area contributed by atoms with E-state index >= 15 is 0 Å². The molecule has 0 saturated heterocycles. The molecule has 1 N–H and O–H groups in total. The number of allylic oxidation sites excluding steroid dienone is 1. The van der Waals surface area contributed by atoms with Gasteiger partial charge in [0.1, 0.15) is 5.76 Å². The number of esters is 1. The quantitative estimate of drug-likeness (QED) is 0.290. The Kier molecular flexibility index (Phi) is 5.76. The predicted octanol–water partition coefficient (Wildman–Crippen LogP) is 2.75. The second kappa shape index (κ2) is 7.80. The first-order valence-electron chi connectivity index (χ1n) is 7.24. The van der Waals surface area contributed by atoms with Crippen molar-refractivity contribution in [2.45, 2.75) is 6.92 Å². The van der Waals surface area contributed by atoms with Crippen molar-refractivity contribution in [3.63, 3.8) is 0 Å². The standard InChI is InChI=1S/C16H17ClN4O4/c1-10-13(18-19-14(12(22)9-17)16(24)25-3)15(23)21(20(10)2)11-7-5-4-6-8-11/h4-8,22H,9H2,1-3H3/b14-12-,19-18?. The van der Waals surface area contributed by atoms with Crippen molar-refractivity contribution in [1.29, 1.82) is 0 Å². The number of ether oxygens (including phenoxy) is 1. The summed E-state index contributed by atoms with van der Waals surface area (Å²) >= 11 is 5.51. The van der Waals surface area contributed by atoms with E-state index in [0.717, 1.165) is 7.11 Å². The lowest BCUT2D eigenvalue weighted by atomic mass is 10.3. The van der Waals surface area contributed by atoms with E-state index in [2.05, 4.69) is 15.0 Å². The van der Waals surface area contributed by atoms with Crippen molar-refractivity contribution in [1.82, 2.24) is 9.36 Å². The monoisotopic (exact) mass is 364 g/mol. The molecule has 0 bridgehead atoms. The fourth-order valence-corrected chi connectivity index (χ4v) is 2.27. The van der Waals surface area contributed by atoms with E-state index in [1.807, 2.05) is 18.2 Å². The number of carbonyl (C=O) groups excluding carboxylic acids is 1. The number of rotatable bonds is 5. The molecule has 9 heteroatoms. The Labute approximate surface area is 148 Å². The minimum atomic E-state index is -0.904. The lowest BCUT2D eigenvalue weighted by Gasteiger charge is -2.07. The minimum Gasteiger partial charge on any atom is -0.508 e. The van der Waals surface area contributed by atoms with Gasteiger partial charge in [-0.2, -0.15) is 0 Å². The van der Waals surface area contributed by atoms with E-state index < -0.39 is 23.0 Å². The summed E-state index contributed by atoms with van der Waals surface area (Å²) in [4.78, 5) is 24.3. The van der Waals surface area contributed by atoms with Crippen LogP contribution in [0.2, 0.25) is 0 Å². The molecule has 0 saturated carbocycles. The summed E-state index contributed by atoms with van der Waals surface area (Å²) in [5.74, 6) is -1.74. The molecule has 0 spiro atoms. The Morgan fingerprint density at radius 3 is 2.52 bits per heavy atom. The fourth-order valence-electron chi connectivity index (χ4n) is 2.15. The third-order valence-corrected chi connectivity index (χ3v) is 3.81. The van der Waals surface area contributed by atoms with Gasteiger partial charge in [-0.05, 0) is 19.1 Å². The summed E-state index contributed by atoms with van der Waals surface area (Å²) in [6.07, 6.45) is 0. The SMILES string of the molecule is COC(=O)/C(N=Nc1c(C)n(C)n(-c2ccccc2)c1=O)=C(/O)CCl. The number of aromatic nitrogens is 2. The van der Waals surface area contributed by atoms with Gasteiger partial charge >= 0.3 is 5.97 Å². The molecular weight excluding hydrogens is 348 g/mol. The number of nitrogens with zero attached hydrogens (tertiary/aromatic N) is 4. The number of hydrogen-bond donors (Lipinski definition) is 1. The first kappa shape index (κ1) is 18.5. The molecule has 1 aromatic carbocycles. The van der Waals surface area contributed by atoms with Crippen LogP contribution in [0.15, 0.2) is 56.8 Å². The average Bonchev–Trinajstić information content (AvgIpc) is 2.84. The Morgan fingerprint density at radius 1 is 1.32 bits per heavy atom. The van der Waals surface area contributed by atoms with Crippen molar-refractivity contribution in [3.8, 4) is 5.69 Å². The van der Waals surface area contributed by atoms with Gasteiger partial charge in [-0.1, -0.05) is 18.2 Å². The third kappa shape index (κ3) is 3.63. The maximum atomic E-state index is 12.7. The Morgan fingerprint density at radius 2 is 1.96 bits per heavy atom. The average molecular weight is 365 g/mol. The summed E-state index contributed by atoms with van der Waals surface area (Å²) in [7, 11) is 2.84. The third-order valence-electron chi connectivity index (χ3n) is 3.55. The van der Waals surface area contributed by atoms with Gasteiger partial charge in [0, 0.05) is 7.05 Å². The lowest BCUT2D eigenvalue weighted by molar-refractivity contribution is -0.136. The molecule has 1 heterocycles. The number of methoxy groups -OCH3 is 1. The summed E-state index contributed by atoms with van der Waals surface area (Å²) in [6.45, 7) is 1.69. The number of aliphatic hydroxyl groups excluding tert-OH is 1. The van der Waals surface area contributed by atoms with Crippen LogP contribution in [-0.2, 0) is 16.6 Å². The van der Waals surface area contributed by atoms with Crippen LogP contribution in [0.3, 0.4) is 0 Å². The number of azo groups is 1. The van der Waals surface area contributed by atoms with Gasteiger partial charge in [-0.15, -0.1) is 21.8 Å². The normalized spacial score (nSPS) is 12.3. The molecule has 0 atom stereocenters. The Bertz CT molecular complexity index is 897. The number of alkyl halides is 1. The van der Waals surface area contributed by atoms with Gasteiger partial charge in [0.25, 0.3) is 5.56 Å². The van der Waals surface area contributed by atoms with Crippen molar-refractivity contribution < 1.29 is 14.6 Å². The van der Waals surface area contributed by atoms with E-state index in [4.69, 9.17) is 11.6 Å². The molecule has 25 heavy (non-hydrogen) atoms. The highest BCUT2D eigenvalue weighted by atomic mass is 35.5. The molecule has 8 nitrogen and oxygen atoms in total. The Hall–Kier alpha value is -2.87. The van der Waals surface area contributed by atoms with Gasteiger partial charge in [0.05, 0.1) is 24.4 Å². The van der Waals surface area contributed by atoms with Gasteiger partial charge in [0.15, 0.2) is 5.69 Å². The van der Waals surface area contributed by atoms with Crippen LogP contribution in [0.25, 0.3) is 5.69 Å². The molecule has 0 radical (unpaired) electrons. The highest BCUT2D eigenvalue weighted by molar-refractivity contribution is 6.19. The highest BCUT2D eigenvalue weighted by Crippen LogP contribution is 2.19. The number of aliphatic hydroxyl groups is 1. The smallest absolute Gasteiger partial charge is 0.362 e. The molecule has 0 aliphatic heterocycles. The van der Waals surface area contributed by atoms with Crippen LogP contribution < -0.4 is 5.56 Å². The number of para-hydroxylation sites is 1. The maximum Gasteiger partial charge on any atom is 0.362 e. The molecule has 0 unspecified atom stereocenters. The van der Waals surface area contributed by atoms with Crippen LogP contribution in [0, 0.1) is 6.92 Å².